The van der Waals surface area contributed by atoms with Gasteiger partial charge in [-0.05, 0) is 28.7 Å². The Balaban J connectivity index is 1.62. The molecular weight excluding hydrogens is 264 g/mol. The van der Waals surface area contributed by atoms with Crippen LogP contribution in [0.15, 0.2) is 24.3 Å². The molecule has 0 unspecified atom stereocenters. The number of carbonyl (C=O) groups excluding carboxylic acids is 1. The molecule has 0 saturated heterocycles. The fourth-order valence-corrected chi connectivity index (χ4v) is 2.48. The summed E-state index contributed by atoms with van der Waals surface area (Å²) in [4.78, 5) is 12.1. The molecule has 1 aromatic heterocycles. The van der Waals surface area contributed by atoms with Crippen molar-refractivity contribution >= 4 is 5.91 Å². The van der Waals surface area contributed by atoms with Gasteiger partial charge < -0.3 is 10.6 Å². The van der Waals surface area contributed by atoms with Crippen LogP contribution in [-0.2, 0) is 19.6 Å². The van der Waals surface area contributed by atoms with Crippen molar-refractivity contribution in [2.45, 2.75) is 39.4 Å². The molecule has 2 heterocycles. The Morgan fingerprint density at radius 2 is 2.10 bits per heavy atom. The van der Waals surface area contributed by atoms with E-state index in [-0.39, 0.29) is 5.91 Å². The molecule has 0 spiro atoms. The monoisotopic (exact) mass is 284 g/mol. The number of benzene rings is 1. The highest BCUT2D eigenvalue weighted by atomic mass is 16.1. The summed E-state index contributed by atoms with van der Waals surface area (Å²) in [6.07, 6.45) is 0. The van der Waals surface area contributed by atoms with Crippen LogP contribution in [0.1, 0.15) is 52.6 Å². The van der Waals surface area contributed by atoms with Crippen LogP contribution in [0.2, 0.25) is 0 Å². The van der Waals surface area contributed by atoms with E-state index in [9.17, 15) is 4.79 Å². The van der Waals surface area contributed by atoms with Crippen molar-refractivity contribution in [3.8, 4) is 0 Å². The SMILES string of the molecule is CC(C)c1cc(C(=O)NCc2ccc3c(c2)CNC3)n[nH]1. The van der Waals surface area contributed by atoms with Gasteiger partial charge in [-0.1, -0.05) is 32.0 Å². The number of fused-ring (bicyclic) bond motifs is 1. The molecule has 1 amide bonds. The molecule has 21 heavy (non-hydrogen) atoms. The number of nitrogens with one attached hydrogen (secondary N) is 3. The summed E-state index contributed by atoms with van der Waals surface area (Å²) >= 11 is 0. The first-order chi connectivity index (χ1) is 10.1. The Bertz CT molecular complexity index is 660. The lowest BCUT2D eigenvalue weighted by Crippen LogP contribution is -2.23. The fourth-order valence-electron chi connectivity index (χ4n) is 2.48. The molecule has 1 aliphatic rings. The van der Waals surface area contributed by atoms with Crippen molar-refractivity contribution < 1.29 is 4.79 Å². The van der Waals surface area contributed by atoms with Crippen molar-refractivity contribution in [1.82, 2.24) is 20.8 Å². The molecule has 2 aromatic rings. The van der Waals surface area contributed by atoms with Gasteiger partial charge in [-0.2, -0.15) is 5.10 Å². The first kappa shape index (κ1) is 13.8. The standard InChI is InChI=1S/C16H20N4O/c1-10(2)14-6-15(20-19-14)16(21)18-7-11-3-4-12-8-17-9-13(12)5-11/h3-6,10,17H,7-9H2,1-2H3,(H,18,21)(H,19,20). The van der Waals surface area contributed by atoms with Crippen LogP contribution < -0.4 is 10.6 Å². The summed E-state index contributed by atoms with van der Waals surface area (Å²) in [6.45, 7) is 6.50. The van der Waals surface area contributed by atoms with E-state index >= 15 is 0 Å². The average Bonchev–Trinajstić information content (AvgIpc) is 3.12. The van der Waals surface area contributed by atoms with Gasteiger partial charge in [0.25, 0.3) is 5.91 Å². The fraction of sp³-hybridized carbons (Fsp3) is 0.375. The number of nitrogens with zero attached hydrogens (tertiary/aromatic N) is 1. The topological polar surface area (TPSA) is 69.8 Å². The summed E-state index contributed by atoms with van der Waals surface area (Å²) in [5, 5.41) is 13.2. The maximum Gasteiger partial charge on any atom is 0.272 e. The first-order valence-electron chi connectivity index (χ1n) is 7.28. The van der Waals surface area contributed by atoms with E-state index in [0.29, 0.717) is 18.2 Å². The van der Waals surface area contributed by atoms with Crippen LogP contribution in [0, 0.1) is 0 Å². The zero-order valence-electron chi connectivity index (χ0n) is 12.4. The average molecular weight is 284 g/mol. The van der Waals surface area contributed by atoms with Crippen LogP contribution in [0.3, 0.4) is 0 Å². The number of amides is 1. The molecule has 0 radical (unpaired) electrons. The summed E-state index contributed by atoms with van der Waals surface area (Å²) < 4.78 is 0. The van der Waals surface area contributed by atoms with Crippen molar-refractivity contribution in [2.75, 3.05) is 0 Å². The lowest BCUT2D eigenvalue weighted by Gasteiger charge is -2.05. The number of aromatic nitrogens is 2. The molecule has 3 N–H and O–H groups in total. The van der Waals surface area contributed by atoms with Crippen LogP contribution >= 0.6 is 0 Å². The number of H-pyrrole nitrogens is 1. The summed E-state index contributed by atoms with van der Waals surface area (Å²) in [5.41, 5.74) is 5.21. The zero-order chi connectivity index (χ0) is 14.8. The molecule has 0 aliphatic carbocycles. The van der Waals surface area contributed by atoms with Gasteiger partial charge in [0.2, 0.25) is 0 Å². The molecule has 0 saturated carbocycles. The van der Waals surface area contributed by atoms with Crippen LogP contribution in [0.5, 0.6) is 0 Å². The Morgan fingerprint density at radius 3 is 2.86 bits per heavy atom. The van der Waals surface area contributed by atoms with Crippen molar-refractivity contribution in [3.05, 3.63) is 52.3 Å². The van der Waals surface area contributed by atoms with Crippen molar-refractivity contribution in [3.63, 3.8) is 0 Å². The smallest absolute Gasteiger partial charge is 0.272 e. The molecule has 0 fully saturated rings. The van der Waals surface area contributed by atoms with Gasteiger partial charge in [0, 0.05) is 25.3 Å². The number of carbonyl (C=O) groups is 1. The number of rotatable bonds is 4. The lowest BCUT2D eigenvalue weighted by atomic mass is 10.1. The second-order valence-corrected chi connectivity index (χ2v) is 5.75. The van der Waals surface area contributed by atoms with Gasteiger partial charge in [0.1, 0.15) is 5.69 Å². The maximum absolute atomic E-state index is 12.1. The second kappa shape index (κ2) is 5.69. The first-order valence-corrected chi connectivity index (χ1v) is 7.28. The van der Waals surface area contributed by atoms with E-state index in [1.54, 1.807) is 0 Å². The third-order valence-electron chi connectivity index (χ3n) is 3.81. The Hall–Kier alpha value is -2.14. The van der Waals surface area contributed by atoms with Crippen molar-refractivity contribution in [2.24, 2.45) is 0 Å². The third kappa shape index (κ3) is 2.97. The molecule has 0 bridgehead atoms. The summed E-state index contributed by atoms with van der Waals surface area (Å²) in [7, 11) is 0. The number of aromatic amines is 1. The highest BCUT2D eigenvalue weighted by Gasteiger charge is 2.13. The molecule has 110 valence electrons. The molecule has 0 atom stereocenters. The predicted octanol–water partition coefficient (Wildman–Crippen LogP) is 2.07. The minimum Gasteiger partial charge on any atom is -0.347 e. The Morgan fingerprint density at radius 1 is 1.29 bits per heavy atom. The van der Waals surface area contributed by atoms with Crippen LogP contribution in [-0.4, -0.2) is 16.1 Å². The van der Waals surface area contributed by atoms with E-state index in [4.69, 9.17) is 0 Å². The van der Waals surface area contributed by atoms with Gasteiger partial charge in [-0.15, -0.1) is 0 Å². The maximum atomic E-state index is 12.1. The van der Waals surface area contributed by atoms with Gasteiger partial charge in [0.15, 0.2) is 0 Å². The van der Waals surface area contributed by atoms with Gasteiger partial charge in [0.05, 0.1) is 0 Å². The number of hydrogen-bond acceptors (Lipinski definition) is 3. The van der Waals surface area contributed by atoms with Gasteiger partial charge in [-0.3, -0.25) is 9.89 Å². The molecule has 5 nitrogen and oxygen atoms in total. The normalized spacial score (nSPS) is 13.5. The van der Waals surface area contributed by atoms with E-state index in [1.807, 2.05) is 6.07 Å². The van der Waals surface area contributed by atoms with Crippen molar-refractivity contribution in [1.29, 1.82) is 0 Å². The van der Waals surface area contributed by atoms with Crippen LogP contribution in [0.4, 0.5) is 0 Å². The Labute approximate surface area is 124 Å². The second-order valence-electron chi connectivity index (χ2n) is 5.75. The van der Waals surface area contributed by atoms with Gasteiger partial charge >= 0.3 is 0 Å². The molecular formula is C16H20N4O. The van der Waals surface area contributed by atoms with E-state index in [2.05, 4.69) is 52.9 Å². The lowest BCUT2D eigenvalue weighted by molar-refractivity contribution is 0.0946. The van der Waals surface area contributed by atoms with E-state index < -0.39 is 0 Å². The largest absolute Gasteiger partial charge is 0.347 e. The predicted molar refractivity (Wildman–Crippen MR) is 80.8 cm³/mol. The van der Waals surface area contributed by atoms with E-state index in [0.717, 1.165) is 24.3 Å². The summed E-state index contributed by atoms with van der Waals surface area (Å²) in [5.74, 6) is 0.194. The van der Waals surface area contributed by atoms with Crippen LogP contribution in [0.25, 0.3) is 0 Å². The highest BCUT2D eigenvalue weighted by molar-refractivity contribution is 5.92. The minimum atomic E-state index is -0.142. The minimum absolute atomic E-state index is 0.142. The molecule has 1 aromatic carbocycles. The molecule has 5 heteroatoms. The quantitative estimate of drug-likeness (QED) is 0.805. The molecule has 1 aliphatic heterocycles. The zero-order valence-corrected chi connectivity index (χ0v) is 12.4. The number of hydrogen-bond donors (Lipinski definition) is 3. The van der Waals surface area contributed by atoms with E-state index in [1.165, 1.54) is 11.1 Å². The summed E-state index contributed by atoms with van der Waals surface area (Å²) in [6, 6.07) is 8.16. The molecule has 3 rings (SSSR count). The third-order valence-corrected chi connectivity index (χ3v) is 3.81. The highest BCUT2D eigenvalue weighted by Crippen LogP contribution is 2.17. The Kier molecular flexibility index (Phi) is 3.75. The van der Waals surface area contributed by atoms with Gasteiger partial charge in [-0.25, -0.2) is 0 Å².